The number of nitrogens with one attached hydrogen (secondary N) is 1. The Morgan fingerprint density at radius 3 is 3.00 bits per heavy atom. The van der Waals surface area contributed by atoms with E-state index in [1.165, 1.54) is 18.9 Å². The second kappa shape index (κ2) is 5.61. The molecule has 0 radical (unpaired) electrons. The molecule has 1 fully saturated rings. The molecule has 0 saturated heterocycles. The van der Waals surface area contributed by atoms with Crippen LogP contribution in [0.2, 0.25) is 0 Å². The fraction of sp³-hybridized carbons (Fsp3) is 0.357. The largest absolute Gasteiger partial charge is 0.310 e. The fourth-order valence-corrected chi connectivity index (χ4v) is 3.70. The molecule has 0 unspecified atom stereocenters. The van der Waals surface area contributed by atoms with Crippen LogP contribution in [-0.2, 0) is 6.54 Å². The van der Waals surface area contributed by atoms with Crippen LogP contribution in [-0.4, -0.2) is 11.0 Å². The van der Waals surface area contributed by atoms with E-state index in [9.17, 15) is 4.39 Å². The lowest BCUT2D eigenvalue weighted by Crippen LogP contribution is -2.15. The van der Waals surface area contributed by atoms with Crippen LogP contribution in [0.4, 0.5) is 4.39 Å². The number of aromatic nitrogens is 1. The lowest BCUT2D eigenvalue weighted by molar-refractivity contribution is 0.616. The zero-order valence-electron chi connectivity index (χ0n) is 10.6. The maximum atomic E-state index is 13.4. The summed E-state index contributed by atoms with van der Waals surface area (Å²) in [5.41, 5.74) is 2.05. The van der Waals surface area contributed by atoms with Crippen LogP contribution in [0.15, 0.2) is 32.8 Å². The molecule has 1 aliphatic carbocycles. The average Bonchev–Trinajstić information content (AvgIpc) is 3.13. The Morgan fingerprint density at radius 1 is 1.47 bits per heavy atom. The van der Waals surface area contributed by atoms with Crippen molar-refractivity contribution in [3.63, 3.8) is 0 Å². The minimum Gasteiger partial charge on any atom is -0.310 e. The van der Waals surface area contributed by atoms with Crippen molar-refractivity contribution in [3.8, 4) is 0 Å². The van der Waals surface area contributed by atoms with Crippen molar-refractivity contribution < 1.29 is 4.39 Å². The molecule has 2 aromatic rings. The maximum absolute atomic E-state index is 13.4. The van der Waals surface area contributed by atoms with Gasteiger partial charge >= 0.3 is 0 Å². The molecule has 0 atom stereocenters. The average molecular weight is 294 g/mol. The van der Waals surface area contributed by atoms with Crippen LogP contribution < -0.4 is 5.32 Å². The van der Waals surface area contributed by atoms with Gasteiger partial charge in [-0.05, 0) is 43.5 Å². The van der Waals surface area contributed by atoms with E-state index < -0.39 is 0 Å². The van der Waals surface area contributed by atoms with Crippen molar-refractivity contribution in [2.24, 2.45) is 0 Å². The number of hydrogen-bond acceptors (Lipinski definition) is 4. The van der Waals surface area contributed by atoms with Crippen molar-refractivity contribution >= 4 is 23.1 Å². The molecule has 1 aliphatic rings. The van der Waals surface area contributed by atoms with Gasteiger partial charge in [-0.3, -0.25) is 0 Å². The third-order valence-electron chi connectivity index (χ3n) is 2.98. The first kappa shape index (κ1) is 13.1. The van der Waals surface area contributed by atoms with Gasteiger partial charge in [0.05, 0.1) is 0 Å². The van der Waals surface area contributed by atoms with Crippen LogP contribution in [0.25, 0.3) is 0 Å². The predicted octanol–water partition coefficient (Wildman–Crippen LogP) is 3.99. The standard InChI is InChI=1S/C14H15FN2S2/c1-9-8-18-14(17-9)19-13-5-2-11(15)6-10(13)7-16-12-3-4-12/h2,5-6,8,12,16H,3-4,7H2,1H3. The molecule has 1 N–H and O–H groups in total. The number of benzene rings is 1. The Balaban J connectivity index is 1.77. The summed E-state index contributed by atoms with van der Waals surface area (Å²) in [7, 11) is 0. The molecule has 2 nitrogen and oxygen atoms in total. The summed E-state index contributed by atoms with van der Waals surface area (Å²) in [5, 5.41) is 5.47. The lowest BCUT2D eigenvalue weighted by Gasteiger charge is -2.09. The normalized spacial score (nSPS) is 14.8. The van der Waals surface area contributed by atoms with Gasteiger partial charge in [-0.2, -0.15) is 0 Å². The predicted molar refractivity (Wildman–Crippen MR) is 77.2 cm³/mol. The van der Waals surface area contributed by atoms with Gasteiger partial charge in [0.15, 0.2) is 4.34 Å². The van der Waals surface area contributed by atoms with Gasteiger partial charge in [0.2, 0.25) is 0 Å². The Bertz CT molecular complexity index is 579. The maximum Gasteiger partial charge on any atom is 0.154 e. The minimum absolute atomic E-state index is 0.174. The highest BCUT2D eigenvalue weighted by molar-refractivity contribution is 8.01. The molecule has 1 aromatic carbocycles. The van der Waals surface area contributed by atoms with Gasteiger partial charge in [0.1, 0.15) is 5.82 Å². The summed E-state index contributed by atoms with van der Waals surface area (Å²) in [6, 6.07) is 5.62. The van der Waals surface area contributed by atoms with Gasteiger partial charge < -0.3 is 5.32 Å². The monoisotopic (exact) mass is 294 g/mol. The van der Waals surface area contributed by atoms with E-state index in [4.69, 9.17) is 0 Å². The van der Waals surface area contributed by atoms with E-state index in [1.807, 2.05) is 18.4 Å². The lowest BCUT2D eigenvalue weighted by atomic mass is 10.2. The third kappa shape index (κ3) is 3.55. The van der Waals surface area contributed by atoms with Crippen LogP contribution in [0.1, 0.15) is 24.1 Å². The van der Waals surface area contributed by atoms with E-state index in [0.29, 0.717) is 6.04 Å². The zero-order valence-corrected chi connectivity index (χ0v) is 12.3. The molecular weight excluding hydrogens is 279 g/mol. The number of nitrogens with zero attached hydrogens (tertiary/aromatic N) is 1. The molecule has 0 aliphatic heterocycles. The summed E-state index contributed by atoms with van der Waals surface area (Å²) >= 11 is 3.25. The number of aryl methyl sites for hydroxylation is 1. The summed E-state index contributed by atoms with van der Waals surface area (Å²) in [6.45, 7) is 2.72. The van der Waals surface area contributed by atoms with Gasteiger partial charge in [-0.25, -0.2) is 9.37 Å². The zero-order chi connectivity index (χ0) is 13.2. The minimum atomic E-state index is -0.174. The van der Waals surface area contributed by atoms with Gasteiger partial charge in [0, 0.05) is 28.6 Å². The number of thiazole rings is 1. The van der Waals surface area contributed by atoms with Crippen molar-refractivity contribution in [3.05, 3.63) is 40.7 Å². The molecule has 3 rings (SSSR count). The van der Waals surface area contributed by atoms with Crippen LogP contribution >= 0.6 is 23.1 Å². The van der Waals surface area contributed by atoms with Crippen molar-refractivity contribution in [1.29, 1.82) is 0 Å². The molecule has 1 heterocycles. The molecule has 100 valence electrons. The quantitative estimate of drug-likeness (QED) is 0.902. The molecule has 0 amide bonds. The molecule has 0 spiro atoms. The summed E-state index contributed by atoms with van der Waals surface area (Å²) in [4.78, 5) is 5.53. The molecule has 1 saturated carbocycles. The molecule has 19 heavy (non-hydrogen) atoms. The smallest absolute Gasteiger partial charge is 0.154 e. The van der Waals surface area contributed by atoms with Gasteiger partial charge in [0.25, 0.3) is 0 Å². The Labute approximate surface area is 120 Å². The highest BCUT2D eigenvalue weighted by Crippen LogP contribution is 2.33. The van der Waals surface area contributed by atoms with E-state index >= 15 is 0 Å². The molecule has 1 aromatic heterocycles. The van der Waals surface area contributed by atoms with Gasteiger partial charge in [-0.15, -0.1) is 11.3 Å². The topological polar surface area (TPSA) is 24.9 Å². The van der Waals surface area contributed by atoms with Crippen LogP contribution in [0.3, 0.4) is 0 Å². The second-order valence-corrected chi connectivity index (χ2v) is 6.91. The Morgan fingerprint density at radius 2 is 2.32 bits per heavy atom. The third-order valence-corrected chi connectivity index (χ3v) is 5.15. The molecule has 0 bridgehead atoms. The Kier molecular flexibility index (Phi) is 3.86. The number of hydrogen-bond donors (Lipinski definition) is 1. The molecule has 5 heteroatoms. The second-order valence-electron chi connectivity index (χ2n) is 4.76. The number of rotatable bonds is 5. The summed E-state index contributed by atoms with van der Waals surface area (Å²) in [6.07, 6.45) is 2.48. The van der Waals surface area contributed by atoms with Crippen molar-refractivity contribution in [2.75, 3.05) is 0 Å². The first-order chi connectivity index (χ1) is 9.20. The van der Waals surface area contributed by atoms with E-state index in [-0.39, 0.29) is 5.82 Å². The van der Waals surface area contributed by atoms with Crippen molar-refractivity contribution in [1.82, 2.24) is 10.3 Å². The van der Waals surface area contributed by atoms with Crippen LogP contribution in [0, 0.1) is 12.7 Å². The van der Waals surface area contributed by atoms with E-state index in [0.717, 1.165) is 27.0 Å². The van der Waals surface area contributed by atoms with Crippen LogP contribution in [0.5, 0.6) is 0 Å². The van der Waals surface area contributed by atoms with Gasteiger partial charge in [-0.1, -0.05) is 11.8 Å². The first-order valence-electron chi connectivity index (χ1n) is 6.32. The molecular formula is C14H15FN2S2. The van der Waals surface area contributed by atoms with E-state index in [2.05, 4.69) is 10.3 Å². The highest BCUT2D eigenvalue weighted by Gasteiger charge is 2.20. The SMILES string of the molecule is Cc1csc(Sc2ccc(F)cc2CNC2CC2)n1. The summed E-state index contributed by atoms with van der Waals surface area (Å²) < 4.78 is 14.4. The fourth-order valence-electron chi connectivity index (χ4n) is 1.80. The van der Waals surface area contributed by atoms with Crippen molar-refractivity contribution in [2.45, 2.75) is 41.6 Å². The summed E-state index contributed by atoms with van der Waals surface area (Å²) in [5.74, 6) is -0.174. The first-order valence-corrected chi connectivity index (χ1v) is 8.02. The highest BCUT2D eigenvalue weighted by atomic mass is 32.2. The Hall–Kier alpha value is -0.910. The number of halogens is 1. The van der Waals surface area contributed by atoms with E-state index in [1.54, 1.807) is 29.2 Å².